The second kappa shape index (κ2) is 14.0. The van der Waals surface area contributed by atoms with Crippen LogP contribution in [0.1, 0.15) is 33.5 Å². The molecule has 7 heteroatoms. The molecule has 4 aromatic carbocycles. The molecule has 1 aromatic heterocycles. The Morgan fingerprint density at radius 1 is 0.609 bits per heavy atom. The first-order valence-corrected chi connectivity index (χ1v) is 15.5. The molecule has 5 aromatic rings. The highest BCUT2D eigenvalue weighted by Crippen LogP contribution is 2.24. The summed E-state index contributed by atoms with van der Waals surface area (Å²) in [5.41, 5.74) is 5.50. The van der Waals surface area contributed by atoms with Gasteiger partial charge in [0.25, 0.3) is 11.5 Å². The van der Waals surface area contributed by atoms with Gasteiger partial charge in [-0.15, -0.1) is 0 Å². The summed E-state index contributed by atoms with van der Waals surface area (Å²) in [4.78, 5) is 56.8. The molecule has 7 nitrogen and oxygen atoms in total. The van der Waals surface area contributed by atoms with Crippen LogP contribution in [0.4, 0.5) is 5.69 Å². The fourth-order valence-corrected chi connectivity index (χ4v) is 5.88. The lowest BCUT2D eigenvalue weighted by atomic mass is 10.0. The van der Waals surface area contributed by atoms with E-state index in [0.29, 0.717) is 32.6 Å². The Hall–Kier alpha value is -5.56. The molecule has 0 unspecified atom stereocenters. The van der Waals surface area contributed by atoms with Crippen LogP contribution in [-0.4, -0.2) is 53.1 Å². The molecule has 0 spiro atoms. The lowest BCUT2D eigenvalue weighted by molar-refractivity contribution is -0.144. The third kappa shape index (κ3) is 7.21. The first-order valence-electron chi connectivity index (χ1n) is 15.5. The van der Waals surface area contributed by atoms with Crippen LogP contribution in [0, 0.1) is 0 Å². The van der Waals surface area contributed by atoms with Crippen molar-refractivity contribution in [3.63, 3.8) is 0 Å². The molecule has 1 aliphatic heterocycles. The molecule has 1 aliphatic rings. The molecular weight excluding hydrogens is 574 g/mol. The van der Waals surface area contributed by atoms with E-state index in [-0.39, 0.29) is 12.1 Å². The third-order valence-corrected chi connectivity index (χ3v) is 8.36. The highest BCUT2D eigenvalue weighted by Gasteiger charge is 2.29. The van der Waals surface area contributed by atoms with E-state index in [1.807, 2.05) is 78.9 Å². The molecule has 0 saturated carbocycles. The van der Waals surface area contributed by atoms with Gasteiger partial charge in [-0.1, -0.05) is 103 Å². The number of pyridine rings is 1. The van der Waals surface area contributed by atoms with Gasteiger partial charge in [-0.05, 0) is 52.4 Å². The first-order chi connectivity index (χ1) is 22.4. The zero-order valence-corrected chi connectivity index (χ0v) is 25.5. The van der Waals surface area contributed by atoms with Crippen molar-refractivity contribution in [2.24, 2.45) is 0 Å². The van der Waals surface area contributed by atoms with Gasteiger partial charge in [-0.2, -0.15) is 0 Å². The number of Topliss-reactive ketones (excluding diaryl/α,β-unsaturated/α-hetero) is 2. The molecule has 0 N–H and O–H groups in total. The number of ketones is 2. The molecule has 0 atom stereocenters. The van der Waals surface area contributed by atoms with Crippen molar-refractivity contribution in [3.8, 4) is 11.1 Å². The summed E-state index contributed by atoms with van der Waals surface area (Å²) >= 11 is 0. The molecule has 0 aliphatic carbocycles. The Balaban J connectivity index is 1.11. The number of benzene rings is 4. The molecule has 0 bridgehead atoms. The van der Waals surface area contributed by atoms with Crippen LogP contribution in [0.3, 0.4) is 0 Å². The zero-order valence-electron chi connectivity index (χ0n) is 25.5. The maximum atomic E-state index is 13.5. The quantitative estimate of drug-likeness (QED) is 0.116. The predicted molar refractivity (Wildman–Crippen MR) is 180 cm³/mol. The summed E-state index contributed by atoms with van der Waals surface area (Å²) in [6.45, 7) is 2.17. The van der Waals surface area contributed by atoms with Gasteiger partial charge in [0.05, 0.1) is 18.5 Å². The molecule has 0 radical (unpaired) electrons. The summed E-state index contributed by atoms with van der Waals surface area (Å²) in [7, 11) is 0. The van der Waals surface area contributed by atoms with Crippen LogP contribution in [0.15, 0.2) is 132 Å². The summed E-state index contributed by atoms with van der Waals surface area (Å²) in [6.07, 6.45) is 1.64. The van der Waals surface area contributed by atoms with Gasteiger partial charge in [0.1, 0.15) is 0 Å². The second-order valence-electron chi connectivity index (χ2n) is 11.6. The number of aromatic nitrogens is 1. The van der Waals surface area contributed by atoms with Crippen LogP contribution < -0.4 is 10.5 Å². The van der Waals surface area contributed by atoms with E-state index in [1.165, 1.54) is 9.47 Å². The predicted octanol–water partition coefficient (Wildman–Crippen LogP) is 5.65. The lowest BCUT2D eigenvalue weighted by Gasteiger charge is -2.35. The largest absolute Gasteiger partial charge is 0.368 e. The summed E-state index contributed by atoms with van der Waals surface area (Å²) in [6, 6.07) is 39.3. The summed E-state index contributed by atoms with van der Waals surface area (Å²) < 4.78 is 1.51. The Bertz CT molecular complexity index is 1880. The minimum absolute atomic E-state index is 0.0747. The van der Waals surface area contributed by atoms with Gasteiger partial charge < -0.3 is 14.4 Å². The fourth-order valence-electron chi connectivity index (χ4n) is 5.88. The molecule has 2 heterocycles. The standard InChI is InChI=1S/C39H35N3O4/c43-36(35-25-31(24-29-10-4-1-5-11-29)28-42(38(35)45)27-30-12-6-2-7-13-30)26-37(44)39(46)41-22-20-40(21-23-41)34-18-16-33(17-19-34)32-14-8-3-9-15-32/h1-19,25,28H,20-24,26-27H2. The number of hydrogen-bond donors (Lipinski definition) is 0. The van der Waals surface area contributed by atoms with E-state index in [1.54, 1.807) is 12.3 Å². The van der Waals surface area contributed by atoms with Gasteiger partial charge in [-0.25, -0.2) is 0 Å². The highest BCUT2D eigenvalue weighted by molar-refractivity contribution is 6.40. The fraction of sp³-hybridized carbons (Fsp3) is 0.179. The zero-order chi connectivity index (χ0) is 31.9. The van der Waals surface area contributed by atoms with Crippen LogP contribution >= 0.6 is 0 Å². The monoisotopic (exact) mass is 609 g/mol. The SMILES string of the molecule is O=C(CC(=O)c1cc(Cc2ccccc2)cn(Cc2ccccc2)c1=O)C(=O)N1CCN(c2ccc(-c3ccccc3)cc2)CC1. The molecule has 46 heavy (non-hydrogen) atoms. The smallest absolute Gasteiger partial charge is 0.290 e. The average Bonchev–Trinajstić information content (AvgIpc) is 3.10. The van der Waals surface area contributed by atoms with Crippen LogP contribution in [-0.2, 0) is 22.6 Å². The number of rotatable bonds is 10. The van der Waals surface area contributed by atoms with Crippen LogP contribution in [0.5, 0.6) is 0 Å². The second-order valence-corrected chi connectivity index (χ2v) is 11.6. The minimum atomic E-state index is -0.798. The normalized spacial score (nSPS) is 13.0. The van der Waals surface area contributed by atoms with Crippen molar-refractivity contribution < 1.29 is 14.4 Å². The summed E-state index contributed by atoms with van der Waals surface area (Å²) in [5, 5.41) is 0. The molecule has 1 fully saturated rings. The van der Waals surface area contributed by atoms with Crippen molar-refractivity contribution in [1.29, 1.82) is 0 Å². The molecule has 1 saturated heterocycles. The number of hydrogen-bond acceptors (Lipinski definition) is 5. The number of anilines is 1. The Morgan fingerprint density at radius 3 is 1.80 bits per heavy atom. The minimum Gasteiger partial charge on any atom is -0.368 e. The maximum Gasteiger partial charge on any atom is 0.290 e. The van der Waals surface area contributed by atoms with Crippen LogP contribution in [0.25, 0.3) is 11.1 Å². The first kappa shape index (κ1) is 30.5. The van der Waals surface area contributed by atoms with E-state index in [0.717, 1.165) is 33.5 Å². The van der Waals surface area contributed by atoms with Crippen LogP contribution in [0.2, 0.25) is 0 Å². The number of carbonyl (C=O) groups is 3. The third-order valence-electron chi connectivity index (χ3n) is 8.36. The molecule has 1 amide bonds. The Labute approximate surface area is 268 Å². The number of nitrogens with zero attached hydrogens (tertiary/aromatic N) is 3. The Morgan fingerprint density at radius 2 is 1.17 bits per heavy atom. The molecule has 6 rings (SSSR count). The molecular formula is C39H35N3O4. The van der Waals surface area contributed by atoms with Crippen molar-refractivity contribution in [1.82, 2.24) is 9.47 Å². The van der Waals surface area contributed by atoms with Crippen molar-refractivity contribution in [3.05, 3.63) is 160 Å². The lowest BCUT2D eigenvalue weighted by Crippen LogP contribution is -2.50. The van der Waals surface area contributed by atoms with Crippen molar-refractivity contribution >= 4 is 23.2 Å². The van der Waals surface area contributed by atoms with Gasteiger partial charge in [-0.3, -0.25) is 19.2 Å². The van der Waals surface area contributed by atoms with Gasteiger partial charge in [0.2, 0.25) is 5.78 Å². The van der Waals surface area contributed by atoms with Gasteiger partial charge in [0.15, 0.2) is 5.78 Å². The number of piperazine rings is 1. The average molecular weight is 610 g/mol. The van der Waals surface area contributed by atoms with Gasteiger partial charge in [0, 0.05) is 38.1 Å². The van der Waals surface area contributed by atoms with Crippen molar-refractivity contribution in [2.45, 2.75) is 19.4 Å². The Kier molecular flexibility index (Phi) is 9.29. The highest BCUT2D eigenvalue weighted by atomic mass is 16.2. The topological polar surface area (TPSA) is 79.7 Å². The maximum absolute atomic E-state index is 13.5. The van der Waals surface area contributed by atoms with E-state index >= 15 is 0 Å². The number of amides is 1. The van der Waals surface area contributed by atoms with E-state index in [9.17, 15) is 19.2 Å². The van der Waals surface area contributed by atoms with E-state index in [4.69, 9.17) is 0 Å². The van der Waals surface area contributed by atoms with Crippen molar-refractivity contribution in [2.75, 3.05) is 31.1 Å². The van der Waals surface area contributed by atoms with Gasteiger partial charge >= 0.3 is 0 Å². The summed E-state index contributed by atoms with van der Waals surface area (Å²) in [5.74, 6) is -2.12. The number of carbonyl (C=O) groups excluding carboxylic acids is 3. The van der Waals surface area contributed by atoms with E-state index < -0.39 is 29.5 Å². The van der Waals surface area contributed by atoms with E-state index in [2.05, 4.69) is 41.3 Å². The molecule has 230 valence electrons.